The van der Waals surface area contributed by atoms with Gasteiger partial charge < -0.3 is 15.2 Å². The highest BCUT2D eigenvalue weighted by Gasteiger charge is 2.07. The van der Waals surface area contributed by atoms with Crippen LogP contribution in [0.4, 0.5) is 0 Å². The topological polar surface area (TPSA) is 67.1 Å². The summed E-state index contributed by atoms with van der Waals surface area (Å²) in [5, 5.41) is 7.75. The molecule has 7 heteroatoms. The molecule has 2 N–H and O–H groups in total. The monoisotopic (exact) mass is 354 g/mol. The van der Waals surface area contributed by atoms with Crippen LogP contribution < -0.4 is 10.6 Å². The maximum Gasteiger partial charge on any atom is 0.191 e. The number of aliphatic imine (C=N–C) groups is 1. The minimum atomic E-state index is 0.669. The Morgan fingerprint density at radius 2 is 2.00 bits per heavy atom. The number of guanidine groups is 1. The van der Waals surface area contributed by atoms with E-state index in [4.69, 9.17) is 0 Å². The Bertz CT molecular complexity index is 831. The van der Waals surface area contributed by atoms with Crippen molar-refractivity contribution in [2.75, 3.05) is 7.05 Å². The van der Waals surface area contributed by atoms with Crippen molar-refractivity contribution < 1.29 is 0 Å². The van der Waals surface area contributed by atoms with Crippen LogP contribution in [-0.4, -0.2) is 27.5 Å². The molecule has 3 aromatic rings. The van der Waals surface area contributed by atoms with Gasteiger partial charge >= 0.3 is 0 Å². The van der Waals surface area contributed by atoms with E-state index in [9.17, 15) is 0 Å². The highest BCUT2D eigenvalue weighted by Crippen LogP contribution is 2.16. The van der Waals surface area contributed by atoms with Crippen molar-refractivity contribution in [1.82, 2.24) is 25.2 Å². The van der Waals surface area contributed by atoms with E-state index >= 15 is 0 Å². The maximum absolute atomic E-state index is 4.55. The van der Waals surface area contributed by atoms with Gasteiger partial charge in [0.05, 0.1) is 24.3 Å². The fourth-order valence-electron chi connectivity index (χ4n) is 2.49. The smallest absolute Gasteiger partial charge is 0.191 e. The lowest BCUT2D eigenvalue weighted by molar-refractivity contribution is 0.799. The molecule has 0 bridgehead atoms. The van der Waals surface area contributed by atoms with Gasteiger partial charge in [-0.3, -0.25) is 4.99 Å². The molecule has 0 aliphatic heterocycles. The number of benzene rings is 1. The molecule has 2 aromatic heterocycles. The van der Waals surface area contributed by atoms with Crippen LogP contribution in [0.1, 0.15) is 21.1 Å². The summed E-state index contributed by atoms with van der Waals surface area (Å²) in [7, 11) is 1.77. The summed E-state index contributed by atoms with van der Waals surface area (Å²) in [6, 6.07) is 8.24. The van der Waals surface area contributed by atoms with Crippen LogP contribution in [0.2, 0.25) is 0 Å². The van der Waals surface area contributed by atoms with E-state index in [2.05, 4.69) is 44.7 Å². The highest BCUT2D eigenvalue weighted by atomic mass is 32.1. The molecule has 6 nitrogen and oxygen atoms in total. The summed E-state index contributed by atoms with van der Waals surface area (Å²) in [6.45, 7) is 5.47. The van der Waals surface area contributed by atoms with Gasteiger partial charge in [-0.05, 0) is 25.5 Å². The van der Waals surface area contributed by atoms with Crippen LogP contribution in [0, 0.1) is 13.8 Å². The molecular formula is C18H22N6S. The normalized spacial score (nSPS) is 11.6. The van der Waals surface area contributed by atoms with Gasteiger partial charge in [-0.2, -0.15) is 0 Å². The number of thiazole rings is 1. The molecule has 0 fully saturated rings. The zero-order chi connectivity index (χ0) is 17.6. The Morgan fingerprint density at radius 1 is 1.20 bits per heavy atom. The van der Waals surface area contributed by atoms with Crippen LogP contribution >= 0.6 is 11.3 Å². The standard InChI is InChI=1S/C18H22N6S/c1-13-14(2)25-17(23-13)11-22-18(19-3)21-10-15-6-4-5-7-16(15)24-9-8-20-12-24/h4-9,12H,10-11H2,1-3H3,(H2,19,21,22). The summed E-state index contributed by atoms with van der Waals surface area (Å²) in [5.74, 6) is 0.756. The van der Waals surface area contributed by atoms with Crippen LogP contribution in [0.25, 0.3) is 5.69 Å². The molecule has 0 spiro atoms. The molecule has 0 atom stereocenters. The maximum atomic E-state index is 4.55. The van der Waals surface area contributed by atoms with Crippen molar-refractivity contribution in [3.8, 4) is 5.69 Å². The molecule has 25 heavy (non-hydrogen) atoms. The highest BCUT2D eigenvalue weighted by molar-refractivity contribution is 7.11. The Morgan fingerprint density at radius 3 is 2.68 bits per heavy atom. The molecule has 130 valence electrons. The van der Waals surface area contributed by atoms with Crippen LogP contribution in [0.3, 0.4) is 0 Å². The predicted molar refractivity (Wildman–Crippen MR) is 102 cm³/mol. The summed E-state index contributed by atoms with van der Waals surface area (Å²) in [6.07, 6.45) is 5.53. The molecular weight excluding hydrogens is 332 g/mol. The summed E-state index contributed by atoms with van der Waals surface area (Å²) in [4.78, 5) is 14.2. The quantitative estimate of drug-likeness (QED) is 0.546. The van der Waals surface area contributed by atoms with Crippen LogP contribution in [0.15, 0.2) is 48.0 Å². The van der Waals surface area contributed by atoms with E-state index in [1.807, 2.05) is 29.8 Å². The third-order valence-electron chi connectivity index (χ3n) is 3.92. The zero-order valence-corrected chi connectivity index (χ0v) is 15.5. The first-order chi connectivity index (χ1) is 12.2. The van der Waals surface area contributed by atoms with Crippen LogP contribution in [0.5, 0.6) is 0 Å². The zero-order valence-electron chi connectivity index (χ0n) is 14.7. The van der Waals surface area contributed by atoms with Gasteiger partial charge in [-0.1, -0.05) is 18.2 Å². The Balaban J connectivity index is 1.62. The summed E-state index contributed by atoms with van der Waals surface area (Å²) >= 11 is 1.72. The number of aryl methyl sites for hydroxylation is 2. The number of nitrogens with zero attached hydrogens (tertiary/aromatic N) is 4. The first kappa shape index (κ1) is 17.2. The molecule has 0 saturated carbocycles. The van der Waals surface area contributed by atoms with Crippen molar-refractivity contribution >= 4 is 17.3 Å². The van der Waals surface area contributed by atoms with E-state index in [1.165, 1.54) is 10.4 Å². The van der Waals surface area contributed by atoms with E-state index < -0.39 is 0 Å². The van der Waals surface area contributed by atoms with Gasteiger partial charge in [0.25, 0.3) is 0 Å². The molecule has 2 heterocycles. The van der Waals surface area contributed by atoms with E-state index in [1.54, 1.807) is 30.9 Å². The lowest BCUT2D eigenvalue weighted by Crippen LogP contribution is -2.36. The van der Waals surface area contributed by atoms with Crippen molar-refractivity contribution in [2.45, 2.75) is 26.9 Å². The number of para-hydroxylation sites is 1. The molecule has 1 aromatic carbocycles. The fraction of sp³-hybridized carbons (Fsp3) is 0.278. The fourth-order valence-corrected chi connectivity index (χ4v) is 3.36. The van der Waals surface area contributed by atoms with Gasteiger partial charge in [0.2, 0.25) is 0 Å². The number of nitrogens with one attached hydrogen (secondary N) is 2. The molecule has 3 rings (SSSR count). The SMILES string of the molecule is CN=C(NCc1nc(C)c(C)s1)NCc1ccccc1-n1ccnc1. The Hall–Kier alpha value is -2.67. The predicted octanol–water partition coefficient (Wildman–Crippen LogP) is 2.81. The Labute approximate surface area is 151 Å². The first-order valence-corrected chi connectivity index (χ1v) is 8.92. The molecule has 0 aliphatic rings. The number of aromatic nitrogens is 3. The van der Waals surface area contributed by atoms with Crippen molar-refractivity contribution in [2.24, 2.45) is 4.99 Å². The largest absolute Gasteiger partial charge is 0.352 e. The van der Waals surface area contributed by atoms with Gasteiger partial charge in [-0.25, -0.2) is 9.97 Å². The third kappa shape index (κ3) is 4.24. The van der Waals surface area contributed by atoms with Crippen LogP contribution in [-0.2, 0) is 13.1 Å². The number of hydrogen-bond donors (Lipinski definition) is 2. The van der Waals surface area contributed by atoms with E-state index in [0.29, 0.717) is 13.1 Å². The van der Waals surface area contributed by atoms with Crippen molar-refractivity contribution in [3.63, 3.8) is 0 Å². The Kier molecular flexibility index (Phi) is 5.45. The van der Waals surface area contributed by atoms with Crippen molar-refractivity contribution in [1.29, 1.82) is 0 Å². The average Bonchev–Trinajstić information content (AvgIpc) is 3.26. The van der Waals surface area contributed by atoms with E-state index in [0.717, 1.165) is 22.3 Å². The summed E-state index contributed by atoms with van der Waals surface area (Å²) in [5.41, 5.74) is 3.37. The first-order valence-electron chi connectivity index (χ1n) is 8.11. The van der Waals surface area contributed by atoms with Crippen molar-refractivity contribution in [3.05, 3.63) is 64.1 Å². The number of hydrogen-bond acceptors (Lipinski definition) is 4. The average molecular weight is 354 g/mol. The molecule has 0 amide bonds. The van der Waals surface area contributed by atoms with Gasteiger partial charge in [0.1, 0.15) is 5.01 Å². The second-order valence-corrected chi connectivity index (χ2v) is 6.91. The second-order valence-electron chi connectivity index (χ2n) is 5.63. The number of rotatable bonds is 5. The van der Waals surface area contributed by atoms with Gasteiger partial charge in [0, 0.05) is 30.9 Å². The lowest BCUT2D eigenvalue weighted by atomic mass is 10.1. The summed E-state index contributed by atoms with van der Waals surface area (Å²) < 4.78 is 2.01. The van der Waals surface area contributed by atoms with E-state index in [-0.39, 0.29) is 0 Å². The van der Waals surface area contributed by atoms with Gasteiger partial charge in [-0.15, -0.1) is 11.3 Å². The molecule has 0 aliphatic carbocycles. The molecule has 0 saturated heterocycles. The lowest BCUT2D eigenvalue weighted by Gasteiger charge is -2.14. The third-order valence-corrected chi connectivity index (χ3v) is 5.00. The molecule has 0 radical (unpaired) electrons. The number of imidazole rings is 1. The second kappa shape index (κ2) is 7.94. The minimum absolute atomic E-state index is 0.669. The minimum Gasteiger partial charge on any atom is -0.352 e. The van der Waals surface area contributed by atoms with Gasteiger partial charge in [0.15, 0.2) is 5.96 Å². The molecule has 0 unspecified atom stereocenters.